The SMILES string of the molecule is Cc1ccc(C(=O)NC2C3CNCC32)c(Br)c1. The van der Waals surface area contributed by atoms with Gasteiger partial charge in [0.1, 0.15) is 0 Å². The number of benzene rings is 1. The lowest BCUT2D eigenvalue weighted by atomic mass is 10.1. The van der Waals surface area contributed by atoms with Crippen LogP contribution in [0.2, 0.25) is 0 Å². The van der Waals surface area contributed by atoms with Gasteiger partial charge in [0, 0.05) is 23.6 Å². The number of hydrogen-bond acceptors (Lipinski definition) is 2. The second kappa shape index (κ2) is 4.10. The third kappa shape index (κ3) is 2.00. The molecule has 2 unspecified atom stereocenters. The van der Waals surface area contributed by atoms with Crippen LogP contribution in [0.5, 0.6) is 0 Å². The van der Waals surface area contributed by atoms with Crippen LogP contribution in [0.4, 0.5) is 0 Å². The second-order valence-electron chi connectivity index (χ2n) is 4.97. The molecule has 0 bridgehead atoms. The van der Waals surface area contributed by atoms with Crippen LogP contribution in [-0.2, 0) is 0 Å². The number of hydrogen-bond donors (Lipinski definition) is 2. The average molecular weight is 295 g/mol. The van der Waals surface area contributed by atoms with Crippen LogP contribution in [0, 0.1) is 18.8 Å². The summed E-state index contributed by atoms with van der Waals surface area (Å²) in [5.41, 5.74) is 1.88. The van der Waals surface area contributed by atoms with Crippen LogP contribution < -0.4 is 10.6 Å². The number of nitrogens with one attached hydrogen (secondary N) is 2. The van der Waals surface area contributed by atoms with Crippen LogP contribution in [0.15, 0.2) is 22.7 Å². The van der Waals surface area contributed by atoms with E-state index in [4.69, 9.17) is 0 Å². The molecular formula is C13H15BrN2O. The molecule has 1 aliphatic heterocycles. The number of piperidine rings is 1. The van der Waals surface area contributed by atoms with Crippen LogP contribution in [-0.4, -0.2) is 25.0 Å². The van der Waals surface area contributed by atoms with E-state index in [0.29, 0.717) is 17.9 Å². The first-order valence-corrected chi connectivity index (χ1v) is 6.74. The molecule has 4 heteroatoms. The van der Waals surface area contributed by atoms with Gasteiger partial charge in [0.05, 0.1) is 5.56 Å². The normalized spacial score (nSPS) is 29.9. The fraction of sp³-hybridized carbons (Fsp3) is 0.462. The Morgan fingerprint density at radius 1 is 1.41 bits per heavy atom. The summed E-state index contributed by atoms with van der Waals surface area (Å²) < 4.78 is 0.874. The van der Waals surface area contributed by atoms with Crippen molar-refractivity contribution in [2.75, 3.05) is 13.1 Å². The van der Waals surface area contributed by atoms with E-state index >= 15 is 0 Å². The zero-order chi connectivity index (χ0) is 12.0. The summed E-state index contributed by atoms with van der Waals surface area (Å²) in [6.07, 6.45) is 0. The predicted molar refractivity (Wildman–Crippen MR) is 70.0 cm³/mol. The van der Waals surface area contributed by atoms with E-state index in [1.807, 2.05) is 25.1 Å². The molecule has 0 aromatic heterocycles. The molecule has 1 amide bonds. The van der Waals surface area contributed by atoms with E-state index in [9.17, 15) is 4.79 Å². The van der Waals surface area contributed by atoms with Crippen molar-refractivity contribution in [2.45, 2.75) is 13.0 Å². The van der Waals surface area contributed by atoms with Crippen molar-refractivity contribution in [3.8, 4) is 0 Å². The quantitative estimate of drug-likeness (QED) is 0.872. The van der Waals surface area contributed by atoms with Gasteiger partial charge >= 0.3 is 0 Å². The largest absolute Gasteiger partial charge is 0.349 e. The Balaban J connectivity index is 1.70. The minimum Gasteiger partial charge on any atom is -0.349 e. The van der Waals surface area contributed by atoms with Gasteiger partial charge in [-0.2, -0.15) is 0 Å². The van der Waals surface area contributed by atoms with Gasteiger partial charge in [0.15, 0.2) is 0 Å². The molecule has 1 saturated heterocycles. The molecule has 17 heavy (non-hydrogen) atoms. The summed E-state index contributed by atoms with van der Waals surface area (Å²) in [6.45, 7) is 4.11. The topological polar surface area (TPSA) is 41.1 Å². The number of fused-ring (bicyclic) bond motifs is 1. The Morgan fingerprint density at radius 3 is 2.76 bits per heavy atom. The molecule has 1 aromatic rings. The van der Waals surface area contributed by atoms with Crippen molar-refractivity contribution in [1.82, 2.24) is 10.6 Å². The standard InChI is InChI=1S/C13H15BrN2O/c1-7-2-3-8(11(14)4-7)13(17)16-12-9-5-15-6-10(9)12/h2-4,9-10,12,15H,5-6H2,1H3,(H,16,17). The second-order valence-corrected chi connectivity index (χ2v) is 5.82. The van der Waals surface area contributed by atoms with Gasteiger partial charge in [-0.3, -0.25) is 4.79 Å². The minimum absolute atomic E-state index is 0.0382. The lowest BCUT2D eigenvalue weighted by Gasteiger charge is -2.09. The van der Waals surface area contributed by atoms with E-state index in [-0.39, 0.29) is 5.91 Å². The van der Waals surface area contributed by atoms with E-state index < -0.39 is 0 Å². The lowest BCUT2D eigenvalue weighted by Crippen LogP contribution is -2.32. The van der Waals surface area contributed by atoms with E-state index in [1.165, 1.54) is 0 Å². The number of rotatable bonds is 2. The highest BCUT2D eigenvalue weighted by Crippen LogP contribution is 2.41. The van der Waals surface area contributed by atoms with Gasteiger partial charge in [-0.25, -0.2) is 0 Å². The first-order chi connectivity index (χ1) is 8.16. The van der Waals surface area contributed by atoms with Crippen molar-refractivity contribution in [1.29, 1.82) is 0 Å². The van der Waals surface area contributed by atoms with Crippen molar-refractivity contribution in [3.63, 3.8) is 0 Å². The molecule has 1 saturated carbocycles. The van der Waals surface area contributed by atoms with Crippen molar-refractivity contribution in [3.05, 3.63) is 33.8 Å². The van der Waals surface area contributed by atoms with Crippen molar-refractivity contribution in [2.24, 2.45) is 11.8 Å². The number of carbonyl (C=O) groups excluding carboxylic acids is 1. The van der Waals surface area contributed by atoms with Gasteiger partial charge in [-0.15, -0.1) is 0 Å². The van der Waals surface area contributed by atoms with Crippen LogP contribution in [0.1, 0.15) is 15.9 Å². The lowest BCUT2D eigenvalue weighted by molar-refractivity contribution is 0.0946. The van der Waals surface area contributed by atoms with E-state index in [2.05, 4.69) is 26.6 Å². The maximum Gasteiger partial charge on any atom is 0.252 e. The molecule has 2 atom stereocenters. The fourth-order valence-electron chi connectivity index (χ4n) is 2.67. The Labute approximate surface area is 109 Å². The summed E-state index contributed by atoms with van der Waals surface area (Å²) in [5, 5.41) is 6.45. The first-order valence-electron chi connectivity index (χ1n) is 5.94. The van der Waals surface area contributed by atoms with E-state index in [0.717, 1.165) is 28.7 Å². The summed E-state index contributed by atoms with van der Waals surface area (Å²) in [7, 11) is 0. The number of halogens is 1. The summed E-state index contributed by atoms with van der Waals surface area (Å²) in [6, 6.07) is 6.21. The Hall–Kier alpha value is -0.870. The molecule has 0 spiro atoms. The molecule has 2 fully saturated rings. The molecule has 1 aromatic carbocycles. The smallest absolute Gasteiger partial charge is 0.252 e. The molecule has 1 heterocycles. The molecule has 1 aliphatic carbocycles. The molecule has 3 nitrogen and oxygen atoms in total. The van der Waals surface area contributed by atoms with Crippen molar-refractivity contribution < 1.29 is 4.79 Å². The Kier molecular flexibility index (Phi) is 2.71. The maximum absolute atomic E-state index is 12.1. The molecule has 3 rings (SSSR count). The molecular weight excluding hydrogens is 280 g/mol. The molecule has 0 radical (unpaired) electrons. The summed E-state index contributed by atoms with van der Waals surface area (Å²) >= 11 is 3.45. The molecule has 2 N–H and O–H groups in total. The Morgan fingerprint density at radius 2 is 2.12 bits per heavy atom. The predicted octanol–water partition coefficient (Wildman–Crippen LogP) is 1.71. The highest BCUT2D eigenvalue weighted by molar-refractivity contribution is 9.10. The first kappa shape index (κ1) is 11.2. The molecule has 90 valence electrons. The Bertz CT molecular complexity index is 464. The minimum atomic E-state index is 0.0382. The fourth-order valence-corrected chi connectivity index (χ4v) is 3.34. The van der Waals surface area contributed by atoms with Gasteiger partial charge in [-0.1, -0.05) is 6.07 Å². The van der Waals surface area contributed by atoms with Gasteiger partial charge in [0.2, 0.25) is 0 Å². The average Bonchev–Trinajstić information content (AvgIpc) is 2.74. The van der Waals surface area contributed by atoms with Crippen LogP contribution in [0.25, 0.3) is 0 Å². The number of aryl methyl sites for hydroxylation is 1. The zero-order valence-corrected chi connectivity index (χ0v) is 11.3. The summed E-state index contributed by atoms with van der Waals surface area (Å²) in [4.78, 5) is 12.1. The van der Waals surface area contributed by atoms with Gasteiger partial charge in [-0.05, 0) is 52.4 Å². The number of amides is 1. The van der Waals surface area contributed by atoms with Crippen LogP contribution in [0.3, 0.4) is 0 Å². The summed E-state index contributed by atoms with van der Waals surface area (Å²) in [5.74, 6) is 1.35. The zero-order valence-electron chi connectivity index (χ0n) is 9.66. The maximum atomic E-state index is 12.1. The molecule has 2 aliphatic rings. The third-order valence-corrected chi connectivity index (χ3v) is 4.41. The monoisotopic (exact) mass is 294 g/mol. The third-order valence-electron chi connectivity index (χ3n) is 3.76. The highest BCUT2D eigenvalue weighted by atomic mass is 79.9. The van der Waals surface area contributed by atoms with Gasteiger partial charge in [0.25, 0.3) is 5.91 Å². The van der Waals surface area contributed by atoms with Gasteiger partial charge < -0.3 is 10.6 Å². The highest BCUT2D eigenvalue weighted by Gasteiger charge is 2.53. The van der Waals surface area contributed by atoms with Crippen LogP contribution >= 0.6 is 15.9 Å². The number of carbonyl (C=O) groups is 1. The van der Waals surface area contributed by atoms with E-state index in [1.54, 1.807) is 0 Å². The van der Waals surface area contributed by atoms with Crippen molar-refractivity contribution >= 4 is 21.8 Å².